The van der Waals surface area contributed by atoms with Crippen LogP contribution in [0.2, 0.25) is 0 Å². The van der Waals surface area contributed by atoms with Gasteiger partial charge in [0.25, 0.3) is 0 Å². The highest BCUT2D eigenvalue weighted by Gasteiger charge is 2.23. The lowest BCUT2D eigenvalue weighted by Crippen LogP contribution is -2.41. The zero-order valence-electron chi connectivity index (χ0n) is 10.4. The largest absolute Gasteiger partial charge is 0.379 e. The van der Waals surface area contributed by atoms with Crippen molar-refractivity contribution in [2.45, 2.75) is 12.8 Å². The first kappa shape index (κ1) is 13.5. The van der Waals surface area contributed by atoms with Crippen LogP contribution in [0.3, 0.4) is 0 Å². The molecule has 1 aromatic carbocycles. The molecule has 0 saturated carbocycles. The molecule has 1 aliphatic rings. The van der Waals surface area contributed by atoms with E-state index in [0.717, 1.165) is 6.42 Å². The van der Waals surface area contributed by atoms with E-state index >= 15 is 0 Å². The third-order valence-electron chi connectivity index (χ3n) is 3.07. The van der Waals surface area contributed by atoms with Crippen molar-refractivity contribution in [3.8, 4) is 0 Å². The summed E-state index contributed by atoms with van der Waals surface area (Å²) in [4.78, 5) is 0. The molecule has 0 bridgehead atoms. The number of hydrogen-bond acceptors (Lipinski definition) is 3. The molecule has 1 aromatic rings. The van der Waals surface area contributed by atoms with Gasteiger partial charge in [-0.2, -0.15) is 4.31 Å². The van der Waals surface area contributed by atoms with Crippen molar-refractivity contribution in [3.63, 3.8) is 0 Å². The Bertz CT molecular complexity index is 452. The second-order valence-corrected chi connectivity index (χ2v) is 6.51. The fraction of sp³-hybridized carbons (Fsp3) is 0.538. The molecule has 1 fully saturated rings. The zero-order valence-corrected chi connectivity index (χ0v) is 11.2. The van der Waals surface area contributed by atoms with Crippen molar-refractivity contribution in [2.75, 3.05) is 32.1 Å². The van der Waals surface area contributed by atoms with Gasteiger partial charge in [-0.05, 0) is 18.4 Å². The topological polar surface area (TPSA) is 46.6 Å². The Kier molecular flexibility index (Phi) is 4.74. The maximum atomic E-state index is 12.0. The van der Waals surface area contributed by atoms with E-state index in [9.17, 15) is 8.42 Å². The molecule has 0 amide bonds. The van der Waals surface area contributed by atoms with Gasteiger partial charge in [0.1, 0.15) is 0 Å². The monoisotopic (exact) mass is 269 g/mol. The summed E-state index contributed by atoms with van der Waals surface area (Å²) in [6, 6.07) is 9.98. The van der Waals surface area contributed by atoms with Crippen LogP contribution >= 0.6 is 0 Å². The number of benzene rings is 1. The molecule has 0 N–H and O–H groups in total. The average molecular weight is 269 g/mol. The van der Waals surface area contributed by atoms with E-state index in [2.05, 4.69) is 0 Å². The Hall–Kier alpha value is -0.910. The van der Waals surface area contributed by atoms with Crippen molar-refractivity contribution >= 4 is 10.0 Å². The van der Waals surface area contributed by atoms with Crippen LogP contribution in [-0.4, -0.2) is 44.8 Å². The van der Waals surface area contributed by atoms with Crippen LogP contribution in [0.25, 0.3) is 0 Å². The van der Waals surface area contributed by atoms with Gasteiger partial charge >= 0.3 is 0 Å². The van der Waals surface area contributed by atoms with E-state index in [1.807, 2.05) is 30.3 Å². The molecular formula is C13H19NO3S. The summed E-state index contributed by atoms with van der Waals surface area (Å²) >= 11 is 0. The number of ether oxygens (including phenoxy) is 1. The first-order valence-corrected chi connectivity index (χ1v) is 7.89. The molecule has 0 aromatic heterocycles. The number of rotatable bonds is 5. The summed E-state index contributed by atoms with van der Waals surface area (Å²) in [6.07, 6.45) is 1.48. The maximum absolute atomic E-state index is 12.0. The predicted octanol–water partition coefficient (Wildman–Crippen LogP) is 1.28. The first-order valence-electron chi connectivity index (χ1n) is 6.28. The summed E-state index contributed by atoms with van der Waals surface area (Å²) in [7, 11) is -3.10. The molecule has 0 radical (unpaired) electrons. The lowest BCUT2D eigenvalue weighted by atomic mass is 10.1. The number of hydrogen-bond donors (Lipinski definition) is 0. The zero-order chi connectivity index (χ0) is 12.8. The van der Waals surface area contributed by atoms with Crippen molar-refractivity contribution < 1.29 is 13.2 Å². The minimum Gasteiger partial charge on any atom is -0.379 e. The third-order valence-corrected chi connectivity index (χ3v) is 5.03. The van der Waals surface area contributed by atoms with E-state index in [1.54, 1.807) is 4.31 Å². The van der Waals surface area contributed by atoms with Gasteiger partial charge < -0.3 is 4.74 Å². The van der Waals surface area contributed by atoms with E-state index in [4.69, 9.17) is 4.74 Å². The highest BCUT2D eigenvalue weighted by atomic mass is 32.2. The van der Waals surface area contributed by atoms with Crippen LogP contribution in [0, 0.1) is 0 Å². The van der Waals surface area contributed by atoms with E-state index in [-0.39, 0.29) is 5.75 Å². The Labute approximate surface area is 109 Å². The smallest absolute Gasteiger partial charge is 0.214 e. The van der Waals surface area contributed by atoms with Crippen molar-refractivity contribution in [1.29, 1.82) is 0 Å². The number of sulfonamides is 1. The molecular weight excluding hydrogens is 250 g/mol. The minimum absolute atomic E-state index is 0.224. The maximum Gasteiger partial charge on any atom is 0.214 e. The summed E-state index contributed by atoms with van der Waals surface area (Å²) < 4.78 is 30.8. The van der Waals surface area contributed by atoms with E-state index in [1.165, 1.54) is 5.56 Å². The summed E-state index contributed by atoms with van der Waals surface area (Å²) in [5.41, 5.74) is 1.19. The van der Waals surface area contributed by atoms with Crippen molar-refractivity contribution in [3.05, 3.63) is 35.9 Å². The summed E-state index contributed by atoms with van der Waals surface area (Å²) in [5.74, 6) is 0.224. The van der Waals surface area contributed by atoms with Gasteiger partial charge in [0, 0.05) is 13.1 Å². The third kappa shape index (κ3) is 3.80. The van der Waals surface area contributed by atoms with Gasteiger partial charge in [0.15, 0.2) is 0 Å². The number of morpholine rings is 1. The Morgan fingerprint density at radius 2 is 1.78 bits per heavy atom. The van der Waals surface area contributed by atoms with E-state index in [0.29, 0.717) is 32.7 Å². The van der Waals surface area contributed by atoms with Crippen molar-refractivity contribution in [2.24, 2.45) is 0 Å². The SMILES string of the molecule is O=S(=O)(CCCc1ccccc1)N1CCOCC1. The fourth-order valence-electron chi connectivity index (χ4n) is 2.06. The van der Waals surface area contributed by atoms with E-state index < -0.39 is 10.0 Å². The van der Waals surface area contributed by atoms with Crippen LogP contribution in [0.5, 0.6) is 0 Å². The van der Waals surface area contributed by atoms with Crippen LogP contribution in [0.15, 0.2) is 30.3 Å². The normalized spacial score (nSPS) is 17.8. The second kappa shape index (κ2) is 6.31. The standard InChI is InChI=1S/C13H19NO3S/c15-18(16,14-8-10-17-11-9-14)12-4-7-13-5-2-1-3-6-13/h1-3,5-6H,4,7-12H2. The lowest BCUT2D eigenvalue weighted by Gasteiger charge is -2.25. The molecule has 4 nitrogen and oxygen atoms in total. The van der Waals surface area contributed by atoms with Gasteiger partial charge in [0.05, 0.1) is 19.0 Å². The Morgan fingerprint density at radius 1 is 1.11 bits per heavy atom. The van der Waals surface area contributed by atoms with Crippen molar-refractivity contribution in [1.82, 2.24) is 4.31 Å². The minimum atomic E-state index is -3.10. The highest BCUT2D eigenvalue weighted by molar-refractivity contribution is 7.89. The summed E-state index contributed by atoms with van der Waals surface area (Å²) in [6.45, 7) is 2.01. The van der Waals surface area contributed by atoms with Crippen LogP contribution < -0.4 is 0 Å². The van der Waals surface area contributed by atoms with Gasteiger partial charge in [-0.15, -0.1) is 0 Å². The molecule has 2 rings (SSSR count). The molecule has 0 spiro atoms. The molecule has 1 heterocycles. The lowest BCUT2D eigenvalue weighted by molar-refractivity contribution is 0.0730. The molecule has 0 atom stereocenters. The molecule has 1 saturated heterocycles. The molecule has 0 unspecified atom stereocenters. The van der Waals surface area contributed by atoms with Crippen LogP contribution in [0.1, 0.15) is 12.0 Å². The molecule has 1 aliphatic heterocycles. The Balaban J connectivity index is 1.82. The molecule has 100 valence electrons. The van der Waals surface area contributed by atoms with Crippen LogP contribution in [-0.2, 0) is 21.2 Å². The van der Waals surface area contributed by atoms with Gasteiger partial charge in [-0.3, -0.25) is 0 Å². The Morgan fingerprint density at radius 3 is 2.44 bits per heavy atom. The fourth-order valence-corrected chi connectivity index (χ4v) is 3.53. The van der Waals surface area contributed by atoms with Gasteiger partial charge in [-0.1, -0.05) is 30.3 Å². The molecule has 18 heavy (non-hydrogen) atoms. The predicted molar refractivity (Wildman–Crippen MR) is 70.9 cm³/mol. The van der Waals surface area contributed by atoms with Crippen LogP contribution in [0.4, 0.5) is 0 Å². The summed E-state index contributed by atoms with van der Waals surface area (Å²) in [5, 5.41) is 0. The average Bonchev–Trinajstić information content (AvgIpc) is 2.41. The van der Waals surface area contributed by atoms with Gasteiger partial charge in [0.2, 0.25) is 10.0 Å². The quantitative estimate of drug-likeness (QED) is 0.809. The number of aryl methyl sites for hydroxylation is 1. The molecule has 5 heteroatoms. The highest BCUT2D eigenvalue weighted by Crippen LogP contribution is 2.09. The number of nitrogens with zero attached hydrogens (tertiary/aromatic N) is 1. The first-order chi connectivity index (χ1) is 8.68. The molecule has 0 aliphatic carbocycles. The van der Waals surface area contributed by atoms with Gasteiger partial charge in [-0.25, -0.2) is 8.42 Å². The second-order valence-electron chi connectivity index (χ2n) is 4.42.